The van der Waals surface area contributed by atoms with E-state index in [-0.39, 0.29) is 5.56 Å². The number of carboxylic acid groups (broad SMARTS) is 1. The molecule has 0 bridgehead atoms. The van der Waals surface area contributed by atoms with Crippen molar-refractivity contribution in [2.75, 3.05) is 5.32 Å². The van der Waals surface area contributed by atoms with Crippen LogP contribution < -0.4 is 10.6 Å². The number of aromatic nitrogens is 2. The number of thiophene rings is 1. The van der Waals surface area contributed by atoms with Crippen LogP contribution in [0.1, 0.15) is 16.1 Å². The molecule has 0 saturated carbocycles. The fraction of sp³-hybridized carbons (Fsp3) is 0.100. The number of aromatic carboxylic acids is 1. The van der Waals surface area contributed by atoms with E-state index in [1.165, 1.54) is 12.4 Å². The van der Waals surface area contributed by atoms with Crippen LogP contribution in [0.3, 0.4) is 0 Å². The van der Waals surface area contributed by atoms with Crippen LogP contribution in [0.25, 0.3) is 0 Å². The lowest BCUT2D eigenvalue weighted by atomic mass is 10.3. The topological polar surface area (TPSA) is 107 Å². The number of aromatic amines is 1. The number of nitrogens with one attached hydrogen (secondary N) is 3. The van der Waals surface area contributed by atoms with Gasteiger partial charge >= 0.3 is 12.0 Å². The Labute approximate surface area is 106 Å². The standard InChI is InChI=1S/C10H10N4O3S/c15-9(16)7-1-2-18-8(7)14-10(17)12-4-6-3-11-5-13-6/h1-3,5H,4H2,(H,11,13)(H,15,16)(H2,12,14,17). The lowest BCUT2D eigenvalue weighted by Gasteiger charge is -2.05. The number of carbonyl (C=O) groups is 2. The Hall–Kier alpha value is -2.35. The first-order chi connectivity index (χ1) is 8.66. The molecule has 2 heterocycles. The van der Waals surface area contributed by atoms with Crippen molar-refractivity contribution >= 4 is 28.3 Å². The van der Waals surface area contributed by atoms with E-state index in [0.717, 1.165) is 17.0 Å². The Morgan fingerprint density at radius 1 is 1.50 bits per heavy atom. The number of carbonyl (C=O) groups excluding carboxylic acids is 1. The van der Waals surface area contributed by atoms with Crippen molar-refractivity contribution < 1.29 is 14.7 Å². The average Bonchev–Trinajstić information content (AvgIpc) is 2.96. The van der Waals surface area contributed by atoms with Gasteiger partial charge in [-0.15, -0.1) is 11.3 Å². The van der Waals surface area contributed by atoms with Gasteiger partial charge in [0.2, 0.25) is 0 Å². The molecule has 2 rings (SSSR count). The summed E-state index contributed by atoms with van der Waals surface area (Å²) in [5.74, 6) is -1.07. The highest BCUT2D eigenvalue weighted by molar-refractivity contribution is 7.14. The van der Waals surface area contributed by atoms with Crippen LogP contribution in [0.5, 0.6) is 0 Å². The van der Waals surface area contributed by atoms with Crippen molar-refractivity contribution in [3.63, 3.8) is 0 Å². The Kier molecular flexibility index (Phi) is 3.58. The lowest BCUT2D eigenvalue weighted by molar-refractivity contribution is 0.0698. The van der Waals surface area contributed by atoms with E-state index in [1.54, 1.807) is 11.6 Å². The van der Waals surface area contributed by atoms with E-state index in [4.69, 9.17) is 5.11 Å². The minimum absolute atomic E-state index is 0.0803. The molecule has 0 atom stereocenters. The Morgan fingerprint density at radius 2 is 2.33 bits per heavy atom. The third-order valence-electron chi connectivity index (χ3n) is 2.12. The summed E-state index contributed by atoms with van der Waals surface area (Å²) in [6.45, 7) is 0.291. The van der Waals surface area contributed by atoms with Gasteiger partial charge in [0.05, 0.1) is 24.1 Å². The summed E-state index contributed by atoms with van der Waals surface area (Å²) in [5.41, 5.74) is 0.839. The van der Waals surface area contributed by atoms with Crippen molar-refractivity contribution in [1.82, 2.24) is 15.3 Å². The van der Waals surface area contributed by atoms with Crippen LogP contribution in [0.4, 0.5) is 9.80 Å². The Morgan fingerprint density at radius 3 is 3.00 bits per heavy atom. The predicted octanol–water partition coefficient (Wildman–Crippen LogP) is 1.49. The van der Waals surface area contributed by atoms with Gasteiger partial charge in [-0.05, 0) is 11.4 Å². The van der Waals surface area contributed by atoms with Crippen LogP contribution in [-0.4, -0.2) is 27.1 Å². The second kappa shape index (κ2) is 5.32. The van der Waals surface area contributed by atoms with Gasteiger partial charge in [0.15, 0.2) is 0 Å². The molecule has 0 fully saturated rings. The van der Waals surface area contributed by atoms with Crippen molar-refractivity contribution in [3.05, 3.63) is 35.2 Å². The molecule has 2 amide bonds. The summed E-state index contributed by atoms with van der Waals surface area (Å²) in [6, 6.07) is 0.979. The summed E-state index contributed by atoms with van der Waals surface area (Å²) in [7, 11) is 0. The summed E-state index contributed by atoms with van der Waals surface area (Å²) >= 11 is 1.16. The van der Waals surface area contributed by atoms with Crippen LogP contribution in [0.15, 0.2) is 24.0 Å². The minimum Gasteiger partial charge on any atom is -0.478 e. The fourth-order valence-corrected chi connectivity index (χ4v) is 2.05. The predicted molar refractivity (Wildman–Crippen MR) is 65.7 cm³/mol. The number of amides is 2. The SMILES string of the molecule is O=C(NCc1cnc[nH]1)Nc1sccc1C(=O)O. The lowest BCUT2D eigenvalue weighted by Crippen LogP contribution is -2.28. The molecule has 2 aromatic heterocycles. The second-order valence-electron chi connectivity index (χ2n) is 3.35. The Bertz CT molecular complexity index is 549. The molecule has 2 aromatic rings. The smallest absolute Gasteiger partial charge is 0.338 e. The molecule has 8 heteroatoms. The van der Waals surface area contributed by atoms with Crippen LogP contribution in [0, 0.1) is 0 Å². The fourth-order valence-electron chi connectivity index (χ4n) is 1.28. The molecule has 0 aromatic carbocycles. The normalized spacial score (nSPS) is 10.0. The summed E-state index contributed by atoms with van der Waals surface area (Å²) in [4.78, 5) is 29.0. The highest BCUT2D eigenvalue weighted by atomic mass is 32.1. The number of hydrogen-bond acceptors (Lipinski definition) is 4. The zero-order valence-electron chi connectivity index (χ0n) is 9.14. The number of carboxylic acids is 1. The number of urea groups is 1. The largest absolute Gasteiger partial charge is 0.478 e. The van der Waals surface area contributed by atoms with Gasteiger partial charge in [-0.1, -0.05) is 0 Å². The second-order valence-corrected chi connectivity index (χ2v) is 4.27. The van der Waals surface area contributed by atoms with Gasteiger partial charge in [-0.3, -0.25) is 5.32 Å². The van der Waals surface area contributed by atoms with E-state index >= 15 is 0 Å². The number of nitrogens with zero attached hydrogens (tertiary/aromatic N) is 1. The molecule has 0 aliphatic carbocycles. The molecule has 0 saturated heterocycles. The van der Waals surface area contributed by atoms with Crippen molar-refractivity contribution in [3.8, 4) is 0 Å². The van der Waals surface area contributed by atoms with E-state index in [0.29, 0.717) is 11.5 Å². The van der Waals surface area contributed by atoms with Crippen molar-refractivity contribution in [1.29, 1.82) is 0 Å². The van der Waals surface area contributed by atoms with Gasteiger partial charge in [-0.25, -0.2) is 14.6 Å². The molecule has 4 N–H and O–H groups in total. The first-order valence-electron chi connectivity index (χ1n) is 4.99. The summed E-state index contributed by atoms with van der Waals surface area (Å²) in [5, 5.41) is 15.9. The maximum Gasteiger partial charge on any atom is 0.338 e. The van der Waals surface area contributed by atoms with Gasteiger partial charge in [0.25, 0.3) is 0 Å². The molecule has 7 nitrogen and oxygen atoms in total. The van der Waals surface area contributed by atoms with Crippen molar-refractivity contribution in [2.45, 2.75) is 6.54 Å². The average molecular weight is 266 g/mol. The van der Waals surface area contributed by atoms with Crippen molar-refractivity contribution in [2.24, 2.45) is 0 Å². The van der Waals surface area contributed by atoms with E-state index < -0.39 is 12.0 Å². The third-order valence-corrected chi connectivity index (χ3v) is 2.95. The molecule has 0 radical (unpaired) electrons. The first kappa shape index (κ1) is 12.1. The van der Waals surface area contributed by atoms with E-state index in [1.807, 2.05) is 0 Å². The quantitative estimate of drug-likeness (QED) is 0.672. The Balaban J connectivity index is 1.91. The van der Waals surface area contributed by atoms with Crippen LogP contribution in [-0.2, 0) is 6.54 Å². The molecule has 0 aliphatic heterocycles. The zero-order chi connectivity index (χ0) is 13.0. The van der Waals surface area contributed by atoms with Gasteiger partial charge in [-0.2, -0.15) is 0 Å². The van der Waals surface area contributed by atoms with Gasteiger partial charge < -0.3 is 15.4 Å². The van der Waals surface area contributed by atoms with E-state index in [2.05, 4.69) is 20.6 Å². The minimum atomic E-state index is -1.07. The third kappa shape index (κ3) is 2.86. The highest BCUT2D eigenvalue weighted by Gasteiger charge is 2.13. The summed E-state index contributed by atoms with van der Waals surface area (Å²) < 4.78 is 0. The molecule has 0 unspecified atom stereocenters. The summed E-state index contributed by atoms with van der Waals surface area (Å²) in [6.07, 6.45) is 3.10. The molecule has 18 heavy (non-hydrogen) atoms. The number of anilines is 1. The van der Waals surface area contributed by atoms with Crippen LogP contribution >= 0.6 is 11.3 Å². The maximum atomic E-state index is 11.5. The monoisotopic (exact) mass is 266 g/mol. The van der Waals surface area contributed by atoms with E-state index in [9.17, 15) is 9.59 Å². The number of imidazole rings is 1. The number of rotatable bonds is 4. The molecule has 94 valence electrons. The van der Waals surface area contributed by atoms with Crippen LogP contribution in [0.2, 0.25) is 0 Å². The molecular weight excluding hydrogens is 256 g/mol. The van der Waals surface area contributed by atoms with Gasteiger partial charge in [0.1, 0.15) is 5.00 Å². The highest BCUT2D eigenvalue weighted by Crippen LogP contribution is 2.22. The molecule has 0 aliphatic rings. The first-order valence-corrected chi connectivity index (χ1v) is 5.87. The molecule has 0 spiro atoms. The maximum absolute atomic E-state index is 11.5. The number of hydrogen-bond donors (Lipinski definition) is 4. The molecular formula is C10H10N4O3S. The number of H-pyrrole nitrogens is 1. The van der Waals surface area contributed by atoms with Gasteiger partial charge in [0, 0.05) is 6.20 Å². The zero-order valence-corrected chi connectivity index (χ0v) is 9.95.